The molecule has 0 radical (unpaired) electrons. The van der Waals surface area contributed by atoms with E-state index in [2.05, 4.69) is 4.72 Å². The van der Waals surface area contributed by atoms with Crippen molar-refractivity contribution in [1.29, 1.82) is 0 Å². The lowest BCUT2D eigenvalue weighted by atomic mass is 10.3. The maximum Gasteiger partial charge on any atom is 0.229 e. The van der Waals surface area contributed by atoms with Gasteiger partial charge in [0, 0.05) is 0 Å². The Labute approximate surface area is 106 Å². The SMILES string of the molecule is CSc1cccc(NS(C)(=O)=O)c1OC1CC1. The second-order valence-electron chi connectivity index (χ2n) is 4.03. The van der Waals surface area contributed by atoms with Gasteiger partial charge in [0.15, 0.2) is 5.75 Å². The third-order valence-corrected chi connectivity index (χ3v) is 3.66. The summed E-state index contributed by atoms with van der Waals surface area (Å²) in [5, 5.41) is 0. The van der Waals surface area contributed by atoms with Gasteiger partial charge in [-0.3, -0.25) is 4.72 Å². The summed E-state index contributed by atoms with van der Waals surface area (Å²) in [6.45, 7) is 0. The molecule has 1 aliphatic rings. The Morgan fingerprint density at radius 3 is 2.65 bits per heavy atom. The molecule has 4 nitrogen and oxygen atoms in total. The molecular formula is C11H15NO3S2. The van der Waals surface area contributed by atoms with Crippen LogP contribution in [0, 0.1) is 0 Å². The van der Waals surface area contributed by atoms with E-state index in [-0.39, 0.29) is 6.10 Å². The van der Waals surface area contributed by atoms with E-state index in [1.807, 2.05) is 18.4 Å². The lowest BCUT2D eigenvalue weighted by Crippen LogP contribution is -2.11. The van der Waals surface area contributed by atoms with Gasteiger partial charge in [0.1, 0.15) is 0 Å². The van der Waals surface area contributed by atoms with Crippen molar-refractivity contribution in [2.75, 3.05) is 17.2 Å². The number of sulfonamides is 1. The minimum atomic E-state index is -3.28. The number of nitrogens with one attached hydrogen (secondary N) is 1. The summed E-state index contributed by atoms with van der Waals surface area (Å²) in [5.74, 6) is 0.646. The molecule has 0 amide bonds. The molecule has 0 saturated heterocycles. The summed E-state index contributed by atoms with van der Waals surface area (Å²) >= 11 is 1.55. The van der Waals surface area contributed by atoms with E-state index in [1.54, 1.807) is 17.8 Å². The zero-order valence-electron chi connectivity index (χ0n) is 9.76. The summed E-state index contributed by atoms with van der Waals surface area (Å²) in [7, 11) is -3.28. The van der Waals surface area contributed by atoms with Crippen molar-refractivity contribution >= 4 is 27.5 Å². The van der Waals surface area contributed by atoms with Gasteiger partial charge >= 0.3 is 0 Å². The number of rotatable bonds is 5. The highest BCUT2D eigenvalue weighted by atomic mass is 32.2. The smallest absolute Gasteiger partial charge is 0.229 e. The van der Waals surface area contributed by atoms with Crippen LogP contribution >= 0.6 is 11.8 Å². The second-order valence-corrected chi connectivity index (χ2v) is 6.62. The minimum absolute atomic E-state index is 0.239. The number of hydrogen-bond donors (Lipinski definition) is 1. The number of anilines is 1. The normalized spacial score (nSPS) is 15.6. The average molecular weight is 273 g/mol. The Morgan fingerprint density at radius 1 is 1.41 bits per heavy atom. The van der Waals surface area contributed by atoms with E-state index in [0.29, 0.717) is 11.4 Å². The van der Waals surface area contributed by atoms with E-state index >= 15 is 0 Å². The number of thioether (sulfide) groups is 1. The first-order valence-corrected chi connectivity index (χ1v) is 8.42. The van der Waals surface area contributed by atoms with Crippen molar-refractivity contribution in [1.82, 2.24) is 0 Å². The lowest BCUT2D eigenvalue weighted by Gasteiger charge is -2.14. The summed E-state index contributed by atoms with van der Waals surface area (Å²) < 4.78 is 30.8. The van der Waals surface area contributed by atoms with Gasteiger partial charge in [0.25, 0.3) is 0 Å². The van der Waals surface area contributed by atoms with Crippen molar-refractivity contribution in [3.8, 4) is 5.75 Å². The maximum atomic E-state index is 11.3. The molecule has 1 aliphatic carbocycles. The summed E-state index contributed by atoms with van der Waals surface area (Å²) in [4.78, 5) is 0.950. The fraction of sp³-hybridized carbons (Fsp3) is 0.455. The molecule has 1 N–H and O–H groups in total. The fourth-order valence-electron chi connectivity index (χ4n) is 1.43. The lowest BCUT2D eigenvalue weighted by molar-refractivity contribution is 0.298. The third kappa shape index (κ3) is 3.54. The molecule has 1 saturated carbocycles. The Morgan fingerprint density at radius 2 is 2.12 bits per heavy atom. The zero-order valence-corrected chi connectivity index (χ0v) is 11.4. The second kappa shape index (κ2) is 4.78. The van der Waals surface area contributed by atoms with Crippen molar-refractivity contribution in [3.05, 3.63) is 18.2 Å². The molecule has 6 heteroatoms. The number of hydrogen-bond acceptors (Lipinski definition) is 4. The molecular weight excluding hydrogens is 258 g/mol. The first-order chi connectivity index (χ1) is 7.99. The number of ether oxygens (including phenoxy) is 1. The van der Waals surface area contributed by atoms with Crippen molar-refractivity contribution in [2.24, 2.45) is 0 Å². The highest BCUT2D eigenvalue weighted by Gasteiger charge is 2.26. The highest BCUT2D eigenvalue weighted by Crippen LogP contribution is 2.39. The first kappa shape index (κ1) is 12.6. The van der Waals surface area contributed by atoms with Gasteiger partial charge in [-0.05, 0) is 31.2 Å². The fourth-order valence-corrected chi connectivity index (χ4v) is 2.55. The van der Waals surface area contributed by atoms with Gasteiger partial charge in [0.2, 0.25) is 10.0 Å². The molecule has 0 aliphatic heterocycles. The van der Waals surface area contributed by atoms with Gasteiger partial charge in [0.05, 0.1) is 22.9 Å². The van der Waals surface area contributed by atoms with Crippen molar-refractivity contribution in [3.63, 3.8) is 0 Å². The summed E-state index contributed by atoms with van der Waals surface area (Å²) in [6.07, 6.45) is 5.41. The molecule has 0 bridgehead atoms. The van der Waals surface area contributed by atoms with Crippen LogP contribution in [0.15, 0.2) is 23.1 Å². The first-order valence-electron chi connectivity index (χ1n) is 5.31. The third-order valence-electron chi connectivity index (χ3n) is 2.30. The Hall–Kier alpha value is -0.880. The molecule has 0 heterocycles. The Balaban J connectivity index is 2.34. The van der Waals surface area contributed by atoms with E-state index in [4.69, 9.17) is 4.74 Å². The molecule has 0 spiro atoms. The topological polar surface area (TPSA) is 55.4 Å². The summed E-state index contributed by atoms with van der Waals surface area (Å²) in [6, 6.07) is 5.47. The molecule has 0 atom stereocenters. The molecule has 0 unspecified atom stereocenters. The van der Waals surface area contributed by atoms with Crippen LogP contribution in [-0.4, -0.2) is 27.0 Å². The van der Waals surface area contributed by atoms with Gasteiger partial charge < -0.3 is 4.74 Å². The largest absolute Gasteiger partial charge is 0.487 e. The van der Waals surface area contributed by atoms with Crippen molar-refractivity contribution < 1.29 is 13.2 Å². The van der Waals surface area contributed by atoms with Gasteiger partial charge in [-0.25, -0.2) is 8.42 Å². The van der Waals surface area contributed by atoms with Crippen LogP contribution in [0.4, 0.5) is 5.69 Å². The van der Waals surface area contributed by atoms with Gasteiger partial charge in [-0.1, -0.05) is 6.07 Å². The monoisotopic (exact) mass is 273 g/mol. The molecule has 17 heavy (non-hydrogen) atoms. The predicted octanol–water partition coefficient (Wildman–Crippen LogP) is 2.32. The molecule has 1 fully saturated rings. The van der Waals surface area contributed by atoms with Gasteiger partial charge in [-0.2, -0.15) is 0 Å². The minimum Gasteiger partial charge on any atom is -0.487 e. The average Bonchev–Trinajstić information content (AvgIpc) is 3.02. The zero-order chi connectivity index (χ0) is 12.5. The quantitative estimate of drug-likeness (QED) is 0.837. The Kier molecular flexibility index (Phi) is 3.53. The van der Waals surface area contributed by atoms with E-state index in [1.165, 1.54) is 0 Å². The van der Waals surface area contributed by atoms with Crippen LogP contribution in [-0.2, 0) is 10.0 Å². The number of benzene rings is 1. The molecule has 0 aromatic heterocycles. The van der Waals surface area contributed by atoms with Crippen LogP contribution in [0.3, 0.4) is 0 Å². The Bertz CT molecular complexity index is 509. The highest BCUT2D eigenvalue weighted by molar-refractivity contribution is 7.98. The van der Waals surface area contributed by atoms with Crippen LogP contribution in [0.5, 0.6) is 5.75 Å². The predicted molar refractivity (Wildman–Crippen MR) is 70.3 cm³/mol. The maximum absolute atomic E-state index is 11.3. The molecule has 1 aromatic rings. The van der Waals surface area contributed by atoms with Gasteiger partial charge in [-0.15, -0.1) is 11.8 Å². The van der Waals surface area contributed by atoms with Crippen LogP contribution < -0.4 is 9.46 Å². The van der Waals surface area contributed by atoms with E-state index in [0.717, 1.165) is 24.0 Å². The molecule has 2 rings (SSSR count). The molecule has 94 valence electrons. The van der Waals surface area contributed by atoms with E-state index in [9.17, 15) is 8.42 Å². The van der Waals surface area contributed by atoms with E-state index < -0.39 is 10.0 Å². The standard InChI is InChI=1S/C11H15NO3S2/c1-16-10-5-3-4-9(12-17(2,13)14)11(10)15-8-6-7-8/h3-5,8,12H,6-7H2,1-2H3. The van der Waals surface area contributed by atoms with Crippen LogP contribution in [0.2, 0.25) is 0 Å². The summed E-state index contributed by atoms with van der Waals surface area (Å²) in [5.41, 5.74) is 0.520. The molecule has 1 aromatic carbocycles. The van der Waals surface area contributed by atoms with Crippen LogP contribution in [0.1, 0.15) is 12.8 Å². The number of para-hydroxylation sites is 1. The van der Waals surface area contributed by atoms with Crippen molar-refractivity contribution in [2.45, 2.75) is 23.8 Å². The van der Waals surface area contributed by atoms with Crippen LogP contribution in [0.25, 0.3) is 0 Å².